The number of rotatable bonds is 2. The van der Waals surface area contributed by atoms with E-state index >= 15 is 0 Å². The van der Waals surface area contributed by atoms with E-state index in [1.54, 1.807) is 43.3 Å². The molecule has 0 saturated heterocycles. The van der Waals surface area contributed by atoms with Crippen molar-refractivity contribution in [3.05, 3.63) is 58.4 Å². The zero-order chi connectivity index (χ0) is 15.0. The third-order valence-corrected chi connectivity index (χ3v) is 3.43. The number of benzene rings is 2. The Bertz CT molecular complexity index is 839. The Labute approximate surface area is 126 Å². The minimum absolute atomic E-state index is 0.192. The van der Waals surface area contributed by atoms with Gasteiger partial charge in [-0.25, -0.2) is 4.98 Å². The first-order valence-corrected chi connectivity index (χ1v) is 6.85. The van der Waals surface area contributed by atoms with E-state index in [0.717, 1.165) is 11.3 Å². The standard InChI is InChI=1S/C16H13ClN2O2/c1-9-7-12(17)4-5-13(9)19-16(20)11-3-6-15-14(8-11)18-10(2)21-15/h3-8H,1-2H3,(H,19,20). The SMILES string of the molecule is Cc1nc2cc(C(=O)Nc3ccc(Cl)cc3C)ccc2o1. The molecule has 0 aliphatic heterocycles. The van der Waals surface area contributed by atoms with Gasteiger partial charge in [-0.1, -0.05) is 11.6 Å². The Morgan fingerprint density at radius 1 is 1.19 bits per heavy atom. The average molecular weight is 301 g/mol. The first-order chi connectivity index (χ1) is 10.0. The molecule has 0 unspecified atom stereocenters. The van der Waals surface area contributed by atoms with Crippen LogP contribution in [0.25, 0.3) is 11.1 Å². The Hall–Kier alpha value is -2.33. The lowest BCUT2D eigenvalue weighted by atomic mass is 10.1. The predicted molar refractivity (Wildman–Crippen MR) is 82.9 cm³/mol. The lowest BCUT2D eigenvalue weighted by Crippen LogP contribution is -2.12. The molecule has 1 heterocycles. The predicted octanol–water partition coefficient (Wildman–Crippen LogP) is 4.35. The maximum atomic E-state index is 12.3. The Morgan fingerprint density at radius 3 is 2.76 bits per heavy atom. The topological polar surface area (TPSA) is 55.1 Å². The van der Waals surface area contributed by atoms with Crippen LogP contribution in [0.4, 0.5) is 5.69 Å². The lowest BCUT2D eigenvalue weighted by molar-refractivity contribution is 0.102. The van der Waals surface area contributed by atoms with Crippen molar-refractivity contribution in [3.63, 3.8) is 0 Å². The first kappa shape index (κ1) is 13.6. The number of carbonyl (C=O) groups is 1. The summed E-state index contributed by atoms with van der Waals surface area (Å²) in [6.07, 6.45) is 0. The van der Waals surface area contributed by atoms with Gasteiger partial charge < -0.3 is 9.73 Å². The molecule has 106 valence electrons. The van der Waals surface area contributed by atoms with Crippen LogP contribution in [0.15, 0.2) is 40.8 Å². The number of hydrogen-bond acceptors (Lipinski definition) is 3. The van der Waals surface area contributed by atoms with Gasteiger partial charge in [0.05, 0.1) is 0 Å². The number of hydrogen-bond donors (Lipinski definition) is 1. The summed E-state index contributed by atoms with van der Waals surface area (Å²) < 4.78 is 5.40. The third kappa shape index (κ3) is 2.76. The van der Waals surface area contributed by atoms with E-state index in [9.17, 15) is 4.79 Å². The fourth-order valence-electron chi connectivity index (χ4n) is 2.15. The van der Waals surface area contributed by atoms with Crippen molar-refractivity contribution in [2.45, 2.75) is 13.8 Å². The minimum atomic E-state index is -0.192. The molecule has 0 aliphatic rings. The van der Waals surface area contributed by atoms with Crippen molar-refractivity contribution in [2.24, 2.45) is 0 Å². The summed E-state index contributed by atoms with van der Waals surface area (Å²) in [5, 5.41) is 3.51. The van der Waals surface area contributed by atoms with E-state index in [1.807, 2.05) is 6.92 Å². The van der Waals surface area contributed by atoms with Crippen LogP contribution in [0.2, 0.25) is 5.02 Å². The molecule has 5 heteroatoms. The van der Waals surface area contributed by atoms with Crippen LogP contribution in [-0.2, 0) is 0 Å². The second-order valence-electron chi connectivity index (χ2n) is 4.83. The molecule has 2 aromatic carbocycles. The van der Waals surface area contributed by atoms with Crippen LogP contribution < -0.4 is 5.32 Å². The summed E-state index contributed by atoms with van der Waals surface area (Å²) in [5.41, 5.74) is 3.53. The number of nitrogens with zero attached hydrogens (tertiary/aromatic N) is 1. The number of oxazole rings is 1. The second kappa shape index (κ2) is 5.22. The number of anilines is 1. The molecule has 0 atom stereocenters. The molecule has 3 aromatic rings. The quantitative estimate of drug-likeness (QED) is 0.765. The van der Waals surface area contributed by atoms with Crippen molar-refractivity contribution in [2.75, 3.05) is 5.32 Å². The van der Waals surface area contributed by atoms with Crippen LogP contribution in [0.5, 0.6) is 0 Å². The van der Waals surface area contributed by atoms with Crippen LogP contribution in [-0.4, -0.2) is 10.9 Å². The van der Waals surface area contributed by atoms with Gasteiger partial charge in [0.15, 0.2) is 11.5 Å². The molecular formula is C16H13ClN2O2. The van der Waals surface area contributed by atoms with Crippen molar-refractivity contribution < 1.29 is 9.21 Å². The van der Waals surface area contributed by atoms with Crippen LogP contribution in [0.3, 0.4) is 0 Å². The van der Waals surface area contributed by atoms with Crippen LogP contribution >= 0.6 is 11.6 Å². The van der Waals surface area contributed by atoms with E-state index < -0.39 is 0 Å². The molecule has 3 rings (SSSR count). The number of aryl methyl sites for hydroxylation is 2. The fourth-order valence-corrected chi connectivity index (χ4v) is 2.37. The van der Waals surface area contributed by atoms with Gasteiger partial charge in [-0.15, -0.1) is 0 Å². The molecule has 0 radical (unpaired) electrons. The van der Waals surface area contributed by atoms with Gasteiger partial charge in [-0.2, -0.15) is 0 Å². The van der Waals surface area contributed by atoms with Crippen LogP contribution in [0, 0.1) is 13.8 Å². The molecule has 1 aromatic heterocycles. The summed E-state index contributed by atoms with van der Waals surface area (Å²) in [4.78, 5) is 16.5. The highest BCUT2D eigenvalue weighted by molar-refractivity contribution is 6.30. The van der Waals surface area contributed by atoms with E-state index in [4.69, 9.17) is 16.0 Å². The van der Waals surface area contributed by atoms with E-state index in [0.29, 0.717) is 27.6 Å². The summed E-state index contributed by atoms with van der Waals surface area (Å²) in [7, 11) is 0. The fraction of sp³-hybridized carbons (Fsp3) is 0.125. The largest absolute Gasteiger partial charge is 0.441 e. The third-order valence-electron chi connectivity index (χ3n) is 3.19. The Morgan fingerprint density at radius 2 is 2.00 bits per heavy atom. The molecule has 0 aliphatic carbocycles. The number of aromatic nitrogens is 1. The summed E-state index contributed by atoms with van der Waals surface area (Å²) in [6.45, 7) is 3.67. The maximum Gasteiger partial charge on any atom is 0.255 e. The number of fused-ring (bicyclic) bond motifs is 1. The first-order valence-electron chi connectivity index (χ1n) is 6.47. The Balaban J connectivity index is 1.89. The van der Waals surface area contributed by atoms with Gasteiger partial charge in [0.1, 0.15) is 5.52 Å². The van der Waals surface area contributed by atoms with Gasteiger partial charge in [-0.3, -0.25) is 4.79 Å². The molecule has 0 bridgehead atoms. The zero-order valence-electron chi connectivity index (χ0n) is 11.6. The van der Waals surface area contributed by atoms with Crippen molar-refractivity contribution in [1.82, 2.24) is 4.98 Å². The molecule has 1 amide bonds. The van der Waals surface area contributed by atoms with E-state index in [1.165, 1.54) is 0 Å². The molecule has 21 heavy (non-hydrogen) atoms. The molecule has 0 spiro atoms. The highest BCUT2D eigenvalue weighted by atomic mass is 35.5. The van der Waals surface area contributed by atoms with Gasteiger partial charge in [0.2, 0.25) is 0 Å². The number of halogens is 1. The minimum Gasteiger partial charge on any atom is -0.441 e. The van der Waals surface area contributed by atoms with E-state index in [2.05, 4.69) is 10.3 Å². The average Bonchev–Trinajstić information content (AvgIpc) is 2.80. The van der Waals surface area contributed by atoms with Crippen LogP contribution in [0.1, 0.15) is 21.8 Å². The van der Waals surface area contributed by atoms with Crippen molar-refractivity contribution in [1.29, 1.82) is 0 Å². The van der Waals surface area contributed by atoms with Gasteiger partial charge >= 0.3 is 0 Å². The summed E-state index contributed by atoms with van der Waals surface area (Å²) in [6, 6.07) is 10.5. The van der Waals surface area contributed by atoms with Gasteiger partial charge in [0.25, 0.3) is 5.91 Å². The zero-order valence-corrected chi connectivity index (χ0v) is 12.4. The maximum absolute atomic E-state index is 12.3. The molecule has 1 N–H and O–H groups in total. The van der Waals surface area contributed by atoms with Gasteiger partial charge in [0, 0.05) is 23.2 Å². The normalized spacial score (nSPS) is 10.8. The smallest absolute Gasteiger partial charge is 0.255 e. The second-order valence-corrected chi connectivity index (χ2v) is 5.27. The lowest BCUT2D eigenvalue weighted by Gasteiger charge is -2.08. The number of nitrogens with one attached hydrogen (secondary N) is 1. The van der Waals surface area contributed by atoms with Crippen molar-refractivity contribution in [3.8, 4) is 0 Å². The highest BCUT2D eigenvalue weighted by Crippen LogP contribution is 2.21. The number of carbonyl (C=O) groups excluding carboxylic acids is 1. The monoisotopic (exact) mass is 300 g/mol. The number of amides is 1. The van der Waals surface area contributed by atoms with E-state index in [-0.39, 0.29) is 5.91 Å². The van der Waals surface area contributed by atoms with Crippen molar-refractivity contribution >= 4 is 34.3 Å². The highest BCUT2D eigenvalue weighted by Gasteiger charge is 2.11. The Kier molecular flexibility index (Phi) is 3.39. The molecule has 0 saturated carbocycles. The van der Waals surface area contributed by atoms with Gasteiger partial charge in [-0.05, 0) is 48.9 Å². The summed E-state index contributed by atoms with van der Waals surface area (Å²) >= 11 is 5.91. The molecule has 0 fully saturated rings. The molecular weight excluding hydrogens is 288 g/mol. The summed E-state index contributed by atoms with van der Waals surface area (Å²) in [5.74, 6) is 0.388. The molecule has 4 nitrogen and oxygen atoms in total.